The predicted octanol–water partition coefficient (Wildman–Crippen LogP) is 5.46. The number of ether oxygens (including phenoxy) is 5. The van der Waals surface area contributed by atoms with Crippen LogP contribution in [0.5, 0.6) is 0 Å². The number of nitrogens with zero attached hydrogens (tertiary/aromatic N) is 1. The molecule has 3 heterocycles. The van der Waals surface area contributed by atoms with E-state index in [2.05, 4.69) is 47.8 Å². The maximum Gasteiger partial charge on any atom is 0.417 e. The molecule has 5 fully saturated rings. The number of unbranched alkanes of at least 4 members (excludes halogenated alkanes) is 3. The SMILES string of the molecule is CC/C=C\C(C)(I)C1CC(CC)[C@@H](O[C@@H]2OC(C(F)(F)F)[C@@H](O)C(O)C2O)[C@H](O[C@@H]2OC(CO)[C@H](O)C(O[C@@H](CC3CCC(CCCCCC)CC3)C(=O)N3CCC3)C2NC(C)=O)C1. The summed E-state index contributed by atoms with van der Waals surface area (Å²) in [5.41, 5.74) is 0. The van der Waals surface area contributed by atoms with Crippen molar-refractivity contribution in [2.75, 3.05) is 19.7 Å². The topological polar surface area (TPSA) is 197 Å². The molecule has 0 aromatic heterocycles. The molecule has 2 saturated carbocycles. The molecular weight excluding hydrogens is 956 g/mol. The lowest BCUT2D eigenvalue weighted by Crippen LogP contribution is -2.68. The van der Waals surface area contributed by atoms with Gasteiger partial charge in [0.15, 0.2) is 18.7 Å². The van der Waals surface area contributed by atoms with Gasteiger partial charge in [0.05, 0.1) is 18.8 Å². The molecule has 0 aromatic carbocycles. The van der Waals surface area contributed by atoms with Crippen molar-refractivity contribution >= 4 is 34.4 Å². The van der Waals surface area contributed by atoms with E-state index >= 15 is 0 Å². The Kier molecular flexibility index (Phi) is 20.5. The number of hydrogen-bond acceptors (Lipinski definition) is 12. The van der Waals surface area contributed by atoms with Crippen LogP contribution in [0, 0.1) is 23.7 Å². The van der Waals surface area contributed by atoms with Gasteiger partial charge < -0.3 is 59.4 Å². The van der Waals surface area contributed by atoms with Crippen LogP contribution in [0.4, 0.5) is 13.2 Å². The Morgan fingerprint density at radius 3 is 2.16 bits per heavy atom. The molecule has 0 spiro atoms. The summed E-state index contributed by atoms with van der Waals surface area (Å²) in [6, 6.07) is -1.24. The van der Waals surface area contributed by atoms with Crippen molar-refractivity contribution in [3.63, 3.8) is 0 Å². The van der Waals surface area contributed by atoms with E-state index < -0.39 is 108 Å². The number of aliphatic hydroxyl groups excluding tert-OH is 5. The Labute approximate surface area is 390 Å². The van der Waals surface area contributed by atoms with E-state index in [0.717, 1.165) is 38.5 Å². The Morgan fingerprint density at radius 1 is 0.891 bits per heavy atom. The standard InChI is InChI=1S/C46H76F3IN2O12/c1-6-9-11-12-14-27-15-17-28(18-16-27)22-32(42(59)52-20-13-21-52)60-40-34(51-26(4)54)43(62-33(25-53)35(40)55)61-31-24-30(45(5,50)19-10-7-2)23-29(8-3)39(31)63-44-38(58)36(56)37(57)41(64-44)46(47,48)49/h10,19,27-41,43-44,53,55-58H,6-9,11-18,20-25H2,1-5H3,(H,51,54)/b19-10-/t27?,28?,29?,30?,31-,32+,33?,34?,35+,36?,37+,38?,39-,40?,41?,43-,44-,45?/m1/s1. The molecule has 0 radical (unpaired) electrons. The highest BCUT2D eigenvalue weighted by Gasteiger charge is 2.58. The maximum atomic E-state index is 14.1. The van der Waals surface area contributed by atoms with Crippen molar-refractivity contribution in [2.24, 2.45) is 23.7 Å². The number of aliphatic hydroxyl groups is 5. The number of likely N-dealkylation sites (tertiary alicyclic amines) is 1. The molecule has 3 aliphatic heterocycles. The van der Waals surface area contributed by atoms with Crippen molar-refractivity contribution in [2.45, 2.75) is 220 Å². The van der Waals surface area contributed by atoms with Crippen LogP contribution >= 0.6 is 22.6 Å². The Balaban J connectivity index is 1.45. The summed E-state index contributed by atoms with van der Waals surface area (Å²) in [7, 11) is 0. The van der Waals surface area contributed by atoms with Crippen LogP contribution in [0.15, 0.2) is 12.2 Å². The quantitative estimate of drug-likeness (QED) is 0.0391. The molecule has 6 N–H and O–H groups in total. The molecule has 16 atom stereocenters. The molecule has 9 unspecified atom stereocenters. The fourth-order valence-electron chi connectivity index (χ4n) is 10.3. The van der Waals surface area contributed by atoms with Gasteiger partial charge in [-0.3, -0.25) is 9.59 Å². The average molecular weight is 1030 g/mol. The van der Waals surface area contributed by atoms with E-state index in [1.54, 1.807) is 4.90 Å². The highest BCUT2D eigenvalue weighted by atomic mass is 127. The van der Waals surface area contributed by atoms with Gasteiger partial charge >= 0.3 is 6.18 Å². The van der Waals surface area contributed by atoms with Gasteiger partial charge in [-0.1, -0.05) is 120 Å². The number of carbonyl (C=O) groups excluding carboxylic acids is 2. The Hall–Kier alpha value is -1.20. The van der Waals surface area contributed by atoms with Gasteiger partial charge in [0.25, 0.3) is 5.91 Å². The van der Waals surface area contributed by atoms with Gasteiger partial charge in [-0.25, -0.2) is 0 Å². The largest absolute Gasteiger partial charge is 0.417 e. The second kappa shape index (κ2) is 24.4. The number of nitrogens with one attached hydrogen (secondary N) is 1. The third-order valence-electron chi connectivity index (χ3n) is 14.4. The fourth-order valence-corrected chi connectivity index (χ4v) is 11.1. The zero-order chi connectivity index (χ0) is 46.9. The van der Waals surface area contributed by atoms with Gasteiger partial charge in [0, 0.05) is 23.4 Å². The average Bonchev–Trinajstić information content (AvgIpc) is 3.23. The molecular formula is C46H76F3IN2O12. The number of hydrogen-bond donors (Lipinski definition) is 6. The van der Waals surface area contributed by atoms with E-state index in [1.807, 2.05) is 19.9 Å². The minimum atomic E-state index is -5.10. The van der Waals surface area contributed by atoms with Gasteiger partial charge in [-0.05, 0) is 62.7 Å². The van der Waals surface area contributed by atoms with Crippen LogP contribution in [0.2, 0.25) is 0 Å². The monoisotopic (exact) mass is 1030 g/mol. The second-order valence-corrected chi connectivity index (χ2v) is 21.5. The molecule has 2 aliphatic carbocycles. The van der Waals surface area contributed by atoms with Crippen molar-refractivity contribution in [3.05, 3.63) is 12.2 Å². The zero-order valence-electron chi connectivity index (χ0n) is 38.3. The summed E-state index contributed by atoms with van der Waals surface area (Å²) >= 11 is 2.36. The highest BCUT2D eigenvalue weighted by Crippen LogP contribution is 2.47. The molecule has 18 heteroatoms. The molecule has 64 heavy (non-hydrogen) atoms. The first-order chi connectivity index (χ1) is 30.3. The van der Waals surface area contributed by atoms with Crippen molar-refractivity contribution in [3.8, 4) is 0 Å². The lowest BCUT2D eigenvalue weighted by Gasteiger charge is -2.51. The third-order valence-corrected chi connectivity index (χ3v) is 15.6. The lowest BCUT2D eigenvalue weighted by molar-refractivity contribution is -0.373. The number of carbonyl (C=O) groups is 2. The minimum Gasteiger partial charge on any atom is -0.394 e. The smallest absolute Gasteiger partial charge is 0.394 e. The number of rotatable bonds is 20. The summed E-state index contributed by atoms with van der Waals surface area (Å²) < 4.78 is 73.0. The molecule has 3 saturated heterocycles. The van der Waals surface area contributed by atoms with E-state index in [0.29, 0.717) is 38.3 Å². The van der Waals surface area contributed by atoms with Crippen LogP contribution < -0.4 is 5.32 Å². The molecule has 2 amide bonds. The van der Waals surface area contributed by atoms with Crippen LogP contribution in [0.1, 0.15) is 131 Å². The van der Waals surface area contributed by atoms with Gasteiger partial charge in [-0.2, -0.15) is 13.2 Å². The predicted molar refractivity (Wildman–Crippen MR) is 239 cm³/mol. The number of amides is 2. The number of allylic oxidation sites excluding steroid dienone is 2. The second-order valence-electron chi connectivity index (χ2n) is 19.2. The van der Waals surface area contributed by atoms with Gasteiger partial charge in [0.2, 0.25) is 5.91 Å². The molecule has 0 aromatic rings. The van der Waals surface area contributed by atoms with Gasteiger partial charge in [0.1, 0.15) is 48.8 Å². The van der Waals surface area contributed by atoms with Crippen LogP contribution in [0.25, 0.3) is 0 Å². The first-order valence-corrected chi connectivity index (χ1v) is 25.0. The maximum absolute atomic E-state index is 14.1. The normalized spacial score (nSPS) is 38.9. The summed E-state index contributed by atoms with van der Waals surface area (Å²) in [5.74, 6) is -0.402. The zero-order valence-corrected chi connectivity index (χ0v) is 40.4. The van der Waals surface area contributed by atoms with Crippen molar-refractivity contribution in [1.82, 2.24) is 10.2 Å². The first-order valence-electron chi connectivity index (χ1n) is 23.9. The molecule has 5 aliphatic rings. The molecule has 370 valence electrons. The summed E-state index contributed by atoms with van der Waals surface area (Å²) in [4.78, 5) is 28.9. The van der Waals surface area contributed by atoms with E-state index in [1.165, 1.54) is 39.0 Å². The molecule has 0 bridgehead atoms. The van der Waals surface area contributed by atoms with Crippen LogP contribution in [-0.2, 0) is 33.3 Å². The van der Waals surface area contributed by atoms with Crippen molar-refractivity contribution in [1.29, 1.82) is 0 Å². The minimum absolute atomic E-state index is 0.0997. The summed E-state index contributed by atoms with van der Waals surface area (Å²) in [5, 5.41) is 57.0. The molecule has 14 nitrogen and oxygen atoms in total. The van der Waals surface area contributed by atoms with E-state index in [4.69, 9.17) is 23.7 Å². The lowest BCUT2D eigenvalue weighted by atomic mass is 9.71. The molecule has 5 rings (SSSR count). The Bertz CT molecular complexity index is 1490. The highest BCUT2D eigenvalue weighted by molar-refractivity contribution is 14.1. The van der Waals surface area contributed by atoms with E-state index in [9.17, 15) is 48.3 Å². The van der Waals surface area contributed by atoms with Gasteiger partial charge in [-0.15, -0.1) is 0 Å². The van der Waals surface area contributed by atoms with Crippen LogP contribution in [-0.4, -0.2) is 151 Å². The Morgan fingerprint density at radius 2 is 1.58 bits per heavy atom. The first kappa shape index (κ1) is 53.8. The van der Waals surface area contributed by atoms with E-state index in [-0.39, 0.29) is 24.2 Å². The number of halogens is 4. The van der Waals surface area contributed by atoms with Crippen molar-refractivity contribution < 1.29 is 72.0 Å². The fraction of sp³-hybridized carbons (Fsp3) is 0.913. The number of alkyl halides is 4. The third kappa shape index (κ3) is 13.7. The van der Waals surface area contributed by atoms with Crippen LogP contribution in [0.3, 0.4) is 0 Å². The summed E-state index contributed by atoms with van der Waals surface area (Å²) in [6.07, 6.45) is -7.91. The summed E-state index contributed by atoms with van der Waals surface area (Å²) in [6.45, 7) is 9.90.